The largest absolute Gasteiger partial charge is 0.330 e. The minimum atomic E-state index is 0.533. The smallest absolute Gasteiger partial charge is 0.157 e. The molecule has 2 aromatic rings. The second-order valence-electron chi connectivity index (χ2n) is 2.75. The Morgan fingerprint density at radius 1 is 1.29 bits per heavy atom. The van der Waals surface area contributed by atoms with Gasteiger partial charge in [-0.25, -0.2) is 0 Å². The molecule has 0 aliphatic rings. The van der Waals surface area contributed by atoms with Crippen molar-refractivity contribution >= 4 is 0 Å². The van der Waals surface area contributed by atoms with Gasteiger partial charge in [0, 0.05) is 18.8 Å². The molecule has 0 saturated heterocycles. The molecule has 0 spiro atoms. The van der Waals surface area contributed by atoms with E-state index in [2.05, 4.69) is 20.5 Å². The standard InChI is InChI=1S/C8H10N6/c9-4-1-8-11-12-13-14(8)7-2-5-10-6-3-7/h2-3,5-6H,1,4,9H2. The number of tetrazole rings is 1. The predicted octanol–water partition coefficient (Wildman–Crippen LogP) is -0.442. The van der Waals surface area contributed by atoms with E-state index in [0.717, 1.165) is 11.5 Å². The van der Waals surface area contributed by atoms with Gasteiger partial charge in [0.25, 0.3) is 0 Å². The van der Waals surface area contributed by atoms with Crippen molar-refractivity contribution < 1.29 is 0 Å². The Kier molecular flexibility index (Phi) is 2.46. The highest BCUT2D eigenvalue weighted by molar-refractivity contribution is 5.27. The maximum Gasteiger partial charge on any atom is 0.157 e. The van der Waals surface area contributed by atoms with E-state index in [1.807, 2.05) is 12.1 Å². The van der Waals surface area contributed by atoms with Crippen LogP contribution >= 0.6 is 0 Å². The molecule has 0 bridgehead atoms. The fourth-order valence-corrected chi connectivity index (χ4v) is 1.18. The average Bonchev–Trinajstić information content (AvgIpc) is 2.68. The molecule has 0 fully saturated rings. The molecule has 0 aliphatic carbocycles. The van der Waals surface area contributed by atoms with Crippen LogP contribution in [0.4, 0.5) is 0 Å². The number of hydrogen-bond donors (Lipinski definition) is 1. The second-order valence-corrected chi connectivity index (χ2v) is 2.75. The molecule has 2 heterocycles. The van der Waals surface area contributed by atoms with Crippen molar-refractivity contribution in [3.63, 3.8) is 0 Å². The van der Waals surface area contributed by atoms with Crippen molar-refractivity contribution in [2.45, 2.75) is 6.42 Å². The Labute approximate surface area is 80.8 Å². The Morgan fingerprint density at radius 2 is 2.07 bits per heavy atom. The normalized spacial score (nSPS) is 10.4. The van der Waals surface area contributed by atoms with Gasteiger partial charge in [0.15, 0.2) is 5.82 Å². The first-order valence-electron chi connectivity index (χ1n) is 4.29. The fourth-order valence-electron chi connectivity index (χ4n) is 1.18. The number of hydrogen-bond acceptors (Lipinski definition) is 5. The summed E-state index contributed by atoms with van der Waals surface area (Å²) in [6.45, 7) is 0.533. The van der Waals surface area contributed by atoms with Crippen LogP contribution in [-0.4, -0.2) is 31.7 Å². The van der Waals surface area contributed by atoms with Crippen LogP contribution in [0.5, 0.6) is 0 Å². The van der Waals surface area contributed by atoms with Gasteiger partial charge >= 0.3 is 0 Å². The van der Waals surface area contributed by atoms with Crippen LogP contribution in [0, 0.1) is 0 Å². The maximum absolute atomic E-state index is 5.45. The summed E-state index contributed by atoms with van der Waals surface area (Å²) >= 11 is 0. The Balaban J connectivity index is 2.37. The van der Waals surface area contributed by atoms with Crippen molar-refractivity contribution in [2.75, 3.05) is 6.54 Å². The van der Waals surface area contributed by atoms with Crippen LogP contribution in [0.15, 0.2) is 24.5 Å². The van der Waals surface area contributed by atoms with Gasteiger partial charge in [-0.15, -0.1) is 5.10 Å². The molecule has 0 aromatic carbocycles. The van der Waals surface area contributed by atoms with Crippen molar-refractivity contribution in [1.82, 2.24) is 25.2 Å². The van der Waals surface area contributed by atoms with Gasteiger partial charge in [-0.2, -0.15) is 4.68 Å². The lowest BCUT2D eigenvalue weighted by Gasteiger charge is -2.01. The highest BCUT2D eigenvalue weighted by atomic mass is 15.5. The Morgan fingerprint density at radius 3 is 2.79 bits per heavy atom. The molecule has 0 atom stereocenters. The average molecular weight is 190 g/mol. The maximum atomic E-state index is 5.45. The highest BCUT2D eigenvalue weighted by Gasteiger charge is 2.05. The molecule has 14 heavy (non-hydrogen) atoms. The molecular formula is C8H10N6. The van der Waals surface area contributed by atoms with Crippen molar-refractivity contribution in [1.29, 1.82) is 0 Å². The van der Waals surface area contributed by atoms with Crippen LogP contribution in [0.3, 0.4) is 0 Å². The molecule has 0 saturated carbocycles. The third-order valence-electron chi connectivity index (χ3n) is 1.81. The van der Waals surface area contributed by atoms with Crippen LogP contribution < -0.4 is 5.73 Å². The molecule has 6 nitrogen and oxygen atoms in total. The summed E-state index contributed by atoms with van der Waals surface area (Å²) in [4.78, 5) is 3.92. The lowest BCUT2D eigenvalue weighted by Crippen LogP contribution is -2.09. The molecule has 72 valence electrons. The first-order chi connectivity index (χ1) is 6.92. The van der Waals surface area contributed by atoms with E-state index in [1.54, 1.807) is 17.1 Å². The summed E-state index contributed by atoms with van der Waals surface area (Å²) in [5.74, 6) is 0.763. The van der Waals surface area contributed by atoms with E-state index < -0.39 is 0 Å². The van der Waals surface area contributed by atoms with E-state index in [4.69, 9.17) is 5.73 Å². The molecule has 6 heteroatoms. The van der Waals surface area contributed by atoms with Crippen molar-refractivity contribution in [3.05, 3.63) is 30.4 Å². The summed E-state index contributed by atoms with van der Waals surface area (Å²) in [7, 11) is 0. The van der Waals surface area contributed by atoms with Crippen molar-refractivity contribution in [2.24, 2.45) is 5.73 Å². The molecule has 0 radical (unpaired) electrons. The van der Waals surface area contributed by atoms with Gasteiger partial charge in [0.2, 0.25) is 0 Å². The quantitative estimate of drug-likeness (QED) is 0.709. The first kappa shape index (κ1) is 8.76. The van der Waals surface area contributed by atoms with Gasteiger partial charge in [0.05, 0.1) is 5.69 Å². The summed E-state index contributed by atoms with van der Waals surface area (Å²) in [5, 5.41) is 11.4. The second kappa shape index (κ2) is 3.93. The lowest BCUT2D eigenvalue weighted by molar-refractivity contribution is 0.754. The monoisotopic (exact) mass is 190 g/mol. The van der Waals surface area contributed by atoms with Crippen LogP contribution in [0.2, 0.25) is 0 Å². The molecule has 2 rings (SSSR count). The van der Waals surface area contributed by atoms with Gasteiger partial charge in [-0.1, -0.05) is 0 Å². The minimum absolute atomic E-state index is 0.533. The van der Waals surface area contributed by atoms with Gasteiger partial charge in [-0.05, 0) is 29.1 Å². The summed E-state index contributed by atoms with van der Waals surface area (Å²) in [6.07, 6.45) is 4.06. The topological polar surface area (TPSA) is 82.5 Å². The predicted molar refractivity (Wildman–Crippen MR) is 49.7 cm³/mol. The molecule has 2 aromatic heterocycles. The number of aromatic nitrogens is 5. The zero-order valence-electron chi connectivity index (χ0n) is 7.54. The van der Waals surface area contributed by atoms with Crippen molar-refractivity contribution in [3.8, 4) is 5.69 Å². The van der Waals surface area contributed by atoms with E-state index in [9.17, 15) is 0 Å². The Bertz CT molecular complexity index is 395. The summed E-state index contributed by atoms with van der Waals surface area (Å²) < 4.78 is 1.66. The highest BCUT2D eigenvalue weighted by Crippen LogP contribution is 2.05. The van der Waals surface area contributed by atoms with Crippen LogP contribution in [0.1, 0.15) is 5.82 Å². The molecule has 0 amide bonds. The number of pyridine rings is 1. The van der Waals surface area contributed by atoms with Gasteiger partial charge < -0.3 is 5.73 Å². The SMILES string of the molecule is NCCc1nnnn1-c1ccncc1. The van der Waals surface area contributed by atoms with E-state index >= 15 is 0 Å². The van der Waals surface area contributed by atoms with Gasteiger partial charge in [0.1, 0.15) is 0 Å². The van der Waals surface area contributed by atoms with E-state index in [1.165, 1.54) is 0 Å². The minimum Gasteiger partial charge on any atom is -0.330 e. The zero-order chi connectivity index (χ0) is 9.80. The number of nitrogens with zero attached hydrogens (tertiary/aromatic N) is 5. The number of rotatable bonds is 3. The van der Waals surface area contributed by atoms with E-state index in [-0.39, 0.29) is 0 Å². The Hall–Kier alpha value is -1.82. The molecular weight excluding hydrogens is 180 g/mol. The third-order valence-corrected chi connectivity index (χ3v) is 1.81. The third kappa shape index (κ3) is 1.60. The fraction of sp³-hybridized carbons (Fsp3) is 0.250. The zero-order valence-corrected chi connectivity index (χ0v) is 7.54. The van der Waals surface area contributed by atoms with Crippen LogP contribution in [-0.2, 0) is 6.42 Å². The lowest BCUT2D eigenvalue weighted by atomic mass is 10.3. The van der Waals surface area contributed by atoms with Gasteiger partial charge in [-0.3, -0.25) is 4.98 Å². The first-order valence-corrected chi connectivity index (χ1v) is 4.29. The summed E-state index contributed by atoms with van der Waals surface area (Å²) in [6, 6.07) is 3.69. The molecule has 0 unspecified atom stereocenters. The van der Waals surface area contributed by atoms with E-state index in [0.29, 0.717) is 13.0 Å². The number of nitrogens with two attached hydrogens (primary N) is 1. The van der Waals surface area contributed by atoms with Crippen LogP contribution in [0.25, 0.3) is 5.69 Å². The molecule has 2 N–H and O–H groups in total. The molecule has 0 aliphatic heterocycles. The summed E-state index contributed by atoms with van der Waals surface area (Å²) in [5.41, 5.74) is 6.34.